The summed E-state index contributed by atoms with van der Waals surface area (Å²) in [5.74, 6) is 8.59. The standard InChI is InChI=1S/C35H48/c1-3-5-7-8-9-10-11-13-31-16-20-33(21-17-31)23-25-35-28-26-34(27-29-35)24-22-32-18-14-30(15-19-32)12-6-4-2/h4,14-15,18-19,26-29,31,33H,2-3,5-13,16-17,20-21,23,25H2,1H3. The van der Waals surface area contributed by atoms with Gasteiger partial charge in [0.05, 0.1) is 0 Å². The fourth-order valence-corrected chi connectivity index (χ4v) is 5.49. The van der Waals surface area contributed by atoms with E-state index in [0.717, 1.165) is 35.8 Å². The molecule has 2 aromatic carbocycles. The van der Waals surface area contributed by atoms with E-state index < -0.39 is 0 Å². The van der Waals surface area contributed by atoms with Gasteiger partial charge in [-0.1, -0.05) is 126 Å². The van der Waals surface area contributed by atoms with Gasteiger partial charge in [0.25, 0.3) is 0 Å². The van der Waals surface area contributed by atoms with Crippen molar-refractivity contribution in [2.75, 3.05) is 0 Å². The van der Waals surface area contributed by atoms with Crippen LogP contribution < -0.4 is 0 Å². The van der Waals surface area contributed by atoms with E-state index in [9.17, 15) is 0 Å². The van der Waals surface area contributed by atoms with Crippen LogP contribution in [0.4, 0.5) is 0 Å². The van der Waals surface area contributed by atoms with E-state index in [-0.39, 0.29) is 0 Å². The molecule has 3 rings (SSSR count). The fourth-order valence-electron chi connectivity index (χ4n) is 5.49. The molecule has 35 heavy (non-hydrogen) atoms. The zero-order valence-corrected chi connectivity index (χ0v) is 22.4. The number of unbranched alkanes of at least 4 members (excludes halogenated alkanes) is 6. The Morgan fingerprint density at radius 2 is 1.14 bits per heavy atom. The minimum absolute atomic E-state index is 0.939. The van der Waals surface area contributed by atoms with E-state index in [1.54, 1.807) is 0 Å². The highest BCUT2D eigenvalue weighted by molar-refractivity contribution is 5.44. The van der Waals surface area contributed by atoms with Crippen LogP contribution in [0.15, 0.2) is 61.2 Å². The van der Waals surface area contributed by atoms with Gasteiger partial charge in [0, 0.05) is 11.1 Å². The van der Waals surface area contributed by atoms with Crippen LogP contribution in [0.3, 0.4) is 0 Å². The third-order valence-electron chi connectivity index (χ3n) is 7.92. The third kappa shape index (κ3) is 10.9. The smallest absolute Gasteiger partial charge is 0.0249 e. The minimum atomic E-state index is 0.939. The van der Waals surface area contributed by atoms with Crippen molar-refractivity contribution in [3.63, 3.8) is 0 Å². The monoisotopic (exact) mass is 468 g/mol. The molecule has 0 spiro atoms. The first kappa shape index (κ1) is 27.3. The van der Waals surface area contributed by atoms with Crippen molar-refractivity contribution in [1.82, 2.24) is 0 Å². The molecule has 1 fully saturated rings. The summed E-state index contributed by atoms with van der Waals surface area (Å²) in [4.78, 5) is 0. The van der Waals surface area contributed by atoms with Gasteiger partial charge >= 0.3 is 0 Å². The molecule has 2 aromatic rings. The van der Waals surface area contributed by atoms with Crippen LogP contribution in [0.25, 0.3) is 0 Å². The van der Waals surface area contributed by atoms with Gasteiger partial charge in [-0.25, -0.2) is 0 Å². The van der Waals surface area contributed by atoms with Gasteiger partial charge in [-0.05, 0) is 72.9 Å². The lowest BCUT2D eigenvalue weighted by Crippen LogP contribution is -2.15. The van der Waals surface area contributed by atoms with Crippen LogP contribution in [0, 0.1) is 23.7 Å². The summed E-state index contributed by atoms with van der Waals surface area (Å²) >= 11 is 0. The molecule has 0 N–H and O–H groups in total. The van der Waals surface area contributed by atoms with E-state index in [2.05, 4.69) is 73.9 Å². The highest BCUT2D eigenvalue weighted by Gasteiger charge is 2.20. The molecule has 1 saturated carbocycles. The first-order valence-corrected chi connectivity index (χ1v) is 14.6. The van der Waals surface area contributed by atoms with E-state index in [1.807, 2.05) is 6.08 Å². The number of allylic oxidation sites excluding steroid dienone is 1. The Morgan fingerprint density at radius 1 is 0.657 bits per heavy atom. The normalized spacial score (nSPS) is 17.5. The largest absolute Gasteiger partial charge is 0.103 e. The van der Waals surface area contributed by atoms with Crippen LogP contribution in [-0.4, -0.2) is 0 Å². The van der Waals surface area contributed by atoms with Crippen LogP contribution >= 0.6 is 0 Å². The quantitative estimate of drug-likeness (QED) is 0.147. The third-order valence-corrected chi connectivity index (χ3v) is 7.92. The molecule has 0 radical (unpaired) electrons. The summed E-state index contributed by atoms with van der Waals surface area (Å²) in [5, 5.41) is 0. The highest BCUT2D eigenvalue weighted by Crippen LogP contribution is 2.34. The molecular weight excluding hydrogens is 420 g/mol. The second-order valence-corrected chi connectivity index (χ2v) is 10.8. The lowest BCUT2D eigenvalue weighted by atomic mass is 9.77. The van der Waals surface area contributed by atoms with Gasteiger partial charge in [0.1, 0.15) is 0 Å². The molecule has 0 atom stereocenters. The summed E-state index contributed by atoms with van der Waals surface area (Å²) in [7, 11) is 0. The molecule has 0 aromatic heterocycles. The van der Waals surface area contributed by atoms with E-state index in [1.165, 1.54) is 101 Å². The van der Waals surface area contributed by atoms with Crippen LogP contribution in [0.2, 0.25) is 0 Å². The van der Waals surface area contributed by atoms with Crippen molar-refractivity contribution in [2.24, 2.45) is 11.8 Å². The van der Waals surface area contributed by atoms with Crippen LogP contribution in [0.5, 0.6) is 0 Å². The Balaban J connectivity index is 1.31. The SMILES string of the molecule is C=CCCc1ccc(C#Cc2ccc(CCC3CCC(CCCCCCCCC)CC3)cc2)cc1. The molecule has 0 nitrogen and oxygen atoms in total. The van der Waals surface area contributed by atoms with E-state index in [4.69, 9.17) is 0 Å². The Bertz CT molecular complexity index is 882. The predicted octanol–water partition coefficient (Wildman–Crippen LogP) is 10.1. The molecule has 188 valence electrons. The molecule has 0 aliphatic heterocycles. The zero-order valence-electron chi connectivity index (χ0n) is 22.4. The Morgan fingerprint density at radius 3 is 1.69 bits per heavy atom. The van der Waals surface area contributed by atoms with Gasteiger partial charge in [-0.2, -0.15) is 0 Å². The summed E-state index contributed by atoms with van der Waals surface area (Å²) < 4.78 is 0. The molecule has 0 unspecified atom stereocenters. The van der Waals surface area contributed by atoms with Gasteiger partial charge in [0.15, 0.2) is 0 Å². The van der Waals surface area contributed by atoms with Crippen molar-refractivity contribution in [3.05, 3.63) is 83.4 Å². The van der Waals surface area contributed by atoms with Crippen molar-refractivity contribution in [3.8, 4) is 11.8 Å². The summed E-state index contributed by atoms with van der Waals surface area (Å²) in [6.07, 6.45) is 24.1. The first-order valence-electron chi connectivity index (χ1n) is 14.6. The number of rotatable bonds is 14. The maximum Gasteiger partial charge on any atom is 0.0249 e. The van der Waals surface area contributed by atoms with Crippen molar-refractivity contribution < 1.29 is 0 Å². The molecular formula is C35H48. The van der Waals surface area contributed by atoms with Gasteiger partial charge in [0.2, 0.25) is 0 Å². The van der Waals surface area contributed by atoms with Crippen LogP contribution in [0.1, 0.15) is 119 Å². The first-order chi connectivity index (χ1) is 17.3. The average Bonchev–Trinajstić information content (AvgIpc) is 2.91. The topological polar surface area (TPSA) is 0 Å². The van der Waals surface area contributed by atoms with Crippen LogP contribution in [-0.2, 0) is 12.8 Å². The second-order valence-electron chi connectivity index (χ2n) is 10.8. The minimum Gasteiger partial charge on any atom is -0.103 e. The number of aryl methyl sites for hydroxylation is 2. The summed E-state index contributed by atoms with van der Waals surface area (Å²) in [5.41, 5.74) is 5.00. The summed E-state index contributed by atoms with van der Waals surface area (Å²) in [6.45, 7) is 6.10. The summed E-state index contributed by atoms with van der Waals surface area (Å²) in [6, 6.07) is 17.6. The Hall–Kier alpha value is -2.26. The number of hydrogen-bond donors (Lipinski definition) is 0. The van der Waals surface area contributed by atoms with Crippen molar-refractivity contribution in [1.29, 1.82) is 0 Å². The number of hydrogen-bond acceptors (Lipinski definition) is 0. The van der Waals surface area contributed by atoms with Gasteiger partial charge in [-0.15, -0.1) is 6.58 Å². The molecule has 0 bridgehead atoms. The Labute approximate surface area is 216 Å². The second kappa shape index (κ2) is 16.4. The lowest BCUT2D eigenvalue weighted by Gasteiger charge is -2.28. The number of benzene rings is 2. The van der Waals surface area contributed by atoms with E-state index >= 15 is 0 Å². The molecule has 0 saturated heterocycles. The molecule has 0 heteroatoms. The highest BCUT2D eigenvalue weighted by atomic mass is 14.3. The average molecular weight is 469 g/mol. The fraction of sp³-hybridized carbons (Fsp3) is 0.543. The van der Waals surface area contributed by atoms with Gasteiger partial charge < -0.3 is 0 Å². The maximum atomic E-state index is 3.80. The Kier molecular flexibility index (Phi) is 12.8. The zero-order chi connectivity index (χ0) is 24.6. The van der Waals surface area contributed by atoms with E-state index in [0.29, 0.717) is 0 Å². The molecule has 1 aliphatic rings. The lowest BCUT2D eigenvalue weighted by molar-refractivity contribution is 0.248. The molecule has 0 heterocycles. The molecule has 0 amide bonds. The predicted molar refractivity (Wildman–Crippen MR) is 154 cm³/mol. The van der Waals surface area contributed by atoms with Crippen molar-refractivity contribution >= 4 is 0 Å². The van der Waals surface area contributed by atoms with Gasteiger partial charge in [-0.3, -0.25) is 0 Å². The molecule has 1 aliphatic carbocycles. The van der Waals surface area contributed by atoms with Crippen molar-refractivity contribution in [2.45, 2.75) is 110 Å². The maximum absolute atomic E-state index is 3.80.